The van der Waals surface area contributed by atoms with Crippen LogP contribution in [0.2, 0.25) is 0 Å². The SMILES string of the molecule is Cc1c([C@H]2C[C@H]2c2cccn2SI)n(SI)c2ccccc12. The molecule has 0 N–H and O–H groups in total. The molecule has 0 radical (unpaired) electrons. The van der Waals surface area contributed by atoms with Crippen molar-refractivity contribution >= 4 is 71.6 Å². The number of benzene rings is 1. The quantitative estimate of drug-likeness (QED) is 0.333. The Balaban J connectivity index is 1.78. The second-order valence-electron chi connectivity index (χ2n) is 5.67. The van der Waals surface area contributed by atoms with E-state index in [1.165, 1.54) is 34.3 Å². The summed E-state index contributed by atoms with van der Waals surface area (Å²) in [6.07, 6.45) is 3.42. The molecule has 114 valence electrons. The fraction of sp³-hybridized carbons (Fsp3) is 0.250. The minimum atomic E-state index is 0.645. The van der Waals surface area contributed by atoms with Gasteiger partial charge in [0.05, 0.1) is 5.52 Å². The summed E-state index contributed by atoms with van der Waals surface area (Å²) in [6.45, 7) is 2.28. The van der Waals surface area contributed by atoms with Crippen LogP contribution in [0.4, 0.5) is 0 Å². The summed E-state index contributed by atoms with van der Waals surface area (Å²) >= 11 is 4.77. The highest BCUT2D eigenvalue weighted by atomic mass is 127. The molecule has 0 amide bonds. The van der Waals surface area contributed by atoms with Crippen molar-refractivity contribution in [2.75, 3.05) is 0 Å². The van der Waals surface area contributed by atoms with Crippen molar-refractivity contribution in [3.63, 3.8) is 0 Å². The minimum absolute atomic E-state index is 0.645. The van der Waals surface area contributed by atoms with Gasteiger partial charge in [-0.05, 0) is 37.1 Å². The molecule has 0 bridgehead atoms. The summed E-state index contributed by atoms with van der Waals surface area (Å²) < 4.78 is 4.73. The fourth-order valence-electron chi connectivity index (χ4n) is 3.44. The molecule has 1 fully saturated rings. The number of fused-ring (bicyclic) bond motifs is 1. The van der Waals surface area contributed by atoms with Gasteiger partial charge in [-0.3, -0.25) is 7.94 Å². The number of hydrogen-bond donors (Lipinski definition) is 0. The third-order valence-electron chi connectivity index (χ3n) is 4.54. The number of nitrogens with zero attached hydrogens (tertiary/aromatic N) is 2. The van der Waals surface area contributed by atoms with Gasteiger partial charge >= 0.3 is 0 Å². The maximum atomic E-state index is 2.43. The molecule has 1 aliphatic rings. The normalized spacial score (nSPS) is 20.7. The highest BCUT2D eigenvalue weighted by Crippen LogP contribution is 2.57. The molecule has 0 spiro atoms. The monoisotopic (exact) mass is 552 g/mol. The van der Waals surface area contributed by atoms with Crippen molar-refractivity contribution < 1.29 is 0 Å². The van der Waals surface area contributed by atoms with E-state index in [4.69, 9.17) is 0 Å². The summed E-state index contributed by atoms with van der Waals surface area (Å²) in [5.74, 6) is 1.30. The Morgan fingerprint density at radius 1 is 1.05 bits per heavy atom. The predicted octanol–water partition coefficient (Wildman–Crippen LogP) is 6.71. The Kier molecular flexibility index (Phi) is 4.46. The summed E-state index contributed by atoms with van der Waals surface area (Å²) in [5.41, 5.74) is 5.77. The highest BCUT2D eigenvalue weighted by molar-refractivity contribution is 14.2. The van der Waals surface area contributed by atoms with Gasteiger partial charge in [0.2, 0.25) is 0 Å². The van der Waals surface area contributed by atoms with E-state index in [1.807, 2.05) is 0 Å². The lowest BCUT2D eigenvalue weighted by Gasteiger charge is -2.08. The molecule has 22 heavy (non-hydrogen) atoms. The Morgan fingerprint density at radius 3 is 2.64 bits per heavy atom. The molecular formula is C16H14I2N2S2. The van der Waals surface area contributed by atoms with Crippen molar-refractivity contribution in [1.29, 1.82) is 0 Å². The first kappa shape index (κ1) is 15.7. The van der Waals surface area contributed by atoms with Gasteiger partial charge in [-0.1, -0.05) is 18.2 Å². The van der Waals surface area contributed by atoms with E-state index >= 15 is 0 Å². The standard InChI is InChI=1S/C16H14I2N2S2/c1-10-11-5-2-3-6-15(11)20(22-18)16(10)13-9-12(13)14-7-4-8-19(14)21-17/h2-8,12-13H,9H2,1H3/t12-,13+/m1/s1. The lowest BCUT2D eigenvalue weighted by molar-refractivity contribution is 0.924. The van der Waals surface area contributed by atoms with Gasteiger partial charge in [0.15, 0.2) is 0 Å². The van der Waals surface area contributed by atoms with Crippen LogP contribution in [0.25, 0.3) is 10.9 Å². The molecule has 0 unspecified atom stereocenters. The molecular weight excluding hydrogens is 538 g/mol. The number of hydrogen-bond acceptors (Lipinski definition) is 2. The zero-order valence-electron chi connectivity index (χ0n) is 11.9. The van der Waals surface area contributed by atoms with Crippen molar-refractivity contribution in [2.24, 2.45) is 0 Å². The number of aryl methyl sites for hydroxylation is 1. The smallest absolute Gasteiger partial charge is 0.0604 e. The molecule has 2 atom stereocenters. The fourth-order valence-corrected chi connectivity index (χ4v) is 6.77. The third kappa shape index (κ3) is 2.44. The van der Waals surface area contributed by atoms with Gasteiger partial charge < -0.3 is 0 Å². The van der Waals surface area contributed by atoms with E-state index in [-0.39, 0.29) is 0 Å². The van der Waals surface area contributed by atoms with Gasteiger partial charge in [-0.25, -0.2) is 0 Å². The molecule has 0 saturated heterocycles. The molecule has 2 nitrogen and oxygen atoms in total. The summed E-state index contributed by atoms with van der Waals surface area (Å²) in [5, 5.41) is 1.39. The Bertz CT molecular complexity index is 840. The topological polar surface area (TPSA) is 9.86 Å². The van der Waals surface area contributed by atoms with Crippen LogP contribution >= 0.6 is 60.6 Å². The van der Waals surface area contributed by atoms with Crippen LogP contribution in [0.5, 0.6) is 0 Å². The molecule has 1 saturated carbocycles. The third-order valence-corrected chi connectivity index (χ3v) is 8.01. The van der Waals surface area contributed by atoms with Crippen molar-refractivity contribution in [1.82, 2.24) is 7.94 Å². The van der Waals surface area contributed by atoms with E-state index < -0.39 is 0 Å². The van der Waals surface area contributed by atoms with Crippen molar-refractivity contribution in [2.45, 2.75) is 25.2 Å². The largest absolute Gasteiger partial charge is 0.287 e. The Labute approximate surface area is 162 Å². The first-order valence-corrected chi connectivity index (χ1v) is 13.7. The summed E-state index contributed by atoms with van der Waals surface area (Å²) in [4.78, 5) is 0. The van der Waals surface area contributed by atoms with E-state index in [2.05, 4.69) is 99.9 Å². The summed E-state index contributed by atoms with van der Waals surface area (Å²) in [7, 11) is 3.56. The van der Waals surface area contributed by atoms with Crippen molar-refractivity contribution in [3.8, 4) is 0 Å². The second kappa shape index (κ2) is 6.25. The minimum Gasteiger partial charge on any atom is -0.287 e. The molecule has 2 heterocycles. The molecule has 3 aromatic rings. The van der Waals surface area contributed by atoms with Crippen LogP contribution in [0.1, 0.15) is 35.2 Å². The van der Waals surface area contributed by atoms with E-state index in [9.17, 15) is 0 Å². The zero-order valence-corrected chi connectivity index (χ0v) is 17.8. The Morgan fingerprint density at radius 2 is 1.86 bits per heavy atom. The number of halogens is 2. The van der Waals surface area contributed by atoms with E-state index in [1.54, 1.807) is 18.2 Å². The molecule has 6 heteroatoms. The van der Waals surface area contributed by atoms with Crippen LogP contribution < -0.4 is 0 Å². The van der Waals surface area contributed by atoms with Crippen LogP contribution in [0.3, 0.4) is 0 Å². The van der Waals surface area contributed by atoms with Gasteiger partial charge in [0.25, 0.3) is 0 Å². The first-order valence-electron chi connectivity index (χ1n) is 7.11. The van der Waals surface area contributed by atoms with Gasteiger partial charge in [-0.15, -0.1) is 0 Å². The van der Waals surface area contributed by atoms with E-state index in [0.29, 0.717) is 11.8 Å². The van der Waals surface area contributed by atoms with Crippen LogP contribution in [-0.4, -0.2) is 7.94 Å². The number of para-hydroxylation sites is 1. The average molecular weight is 552 g/mol. The van der Waals surface area contributed by atoms with Crippen LogP contribution in [0, 0.1) is 6.92 Å². The predicted molar refractivity (Wildman–Crippen MR) is 115 cm³/mol. The Hall–Kier alpha value is 0.200. The van der Waals surface area contributed by atoms with Gasteiger partial charge in [-0.2, -0.15) is 0 Å². The molecule has 4 rings (SSSR count). The van der Waals surface area contributed by atoms with Gasteiger partial charge in [0, 0.05) is 95.5 Å². The van der Waals surface area contributed by atoms with E-state index in [0.717, 1.165) is 0 Å². The van der Waals surface area contributed by atoms with Crippen molar-refractivity contribution in [3.05, 3.63) is 59.5 Å². The molecule has 1 aromatic carbocycles. The zero-order chi connectivity index (χ0) is 15.3. The molecule has 2 aromatic heterocycles. The molecule has 0 aliphatic heterocycles. The maximum Gasteiger partial charge on any atom is 0.0604 e. The highest BCUT2D eigenvalue weighted by Gasteiger charge is 2.44. The molecule has 1 aliphatic carbocycles. The first-order chi connectivity index (χ1) is 10.8. The maximum absolute atomic E-state index is 2.43. The second-order valence-corrected chi connectivity index (χ2v) is 9.07. The number of rotatable bonds is 4. The lowest BCUT2D eigenvalue weighted by atomic mass is 10.1. The lowest BCUT2D eigenvalue weighted by Crippen LogP contribution is -1.95. The summed E-state index contributed by atoms with van der Waals surface area (Å²) in [6, 6.07) is 13.2. The number of aromatic nitrogens is 2. The average Bonchev–Trinajstić information content (AvgIpc) is 3.07. The van der Waals surface area contributed by atoms with Gasteiger partial charge in [0.1, 0.15) is 0 Å². The van der Waals surface area contributed by atoms with Crippen LogP contribution in [0.15, 0.2) is 42.6 Å². The van der Waals surface area contributed by atoms with Crippen LogP contribution in [-0.2, 0) is 0 Å².